The number of ether oxygens (including phenoxy) is 4. The summed E-state index contributed by atoms with van der Waals surface area (Å²) in [5.74, 6) is -3.29. The van der Waals surface area contributed by atoms with Gasteiger partial charge in [-0.05, 0) is 60.9 Å². The van der Waals surface area contributed by atoms with E-state index in [-0.39, 0.29) is 24.8 Å². The smallest absolute Gasteiger partial charge is 0.416 e. The molecule has 14 nitrogen and oxygen atoms in total. The number of rotatable bonds is 8. The number of aliphatic carboxylic acids is 1. The third-order valence-corrected chi connectivity index (χ3v) is 8.55. The summed E-state index contributed by atoms with van der Waals surface area (Å²) in [7, 11) is 0.753. The fourth-order valence-electron chi connectivity index (χ4n) is 6.06. The van der Waals surface area contributed by atoms with Crippen molar-refractivity contribution in [3.63, 3.8) is 0 Å². The van der Waals surface area contributed by atoms with Gasteiger partial charge in [-0.15, -0.1) is 0 Å². The van der Waals surface area contributed by atoms with Gasteiger partial charge in [0.05, 0.1) is 54.6 Å². The van der Waals surface area contributed by atoms with Crippen LogP contribution in [0.15, 0.2) is 36.4 Å². The number of hydrogen-bond acceptors (Lipinski definition) is 11. The van der Waals surface area contributed by atoms with Crippen molar-refractivity contribution in [2.45, 2.75) is 87.6 Å². The first kappa shape index (κ1) is 42.9. The molecule has 2 aliphatic rings. The Bertz CT molecular complexity index is 1740. The van der Waals surface area contributed by atoms with Crippen LogP contribution in [-0.2, 0) is 53.6 Å². The van der Waals surface area contributed by atoms with E-state index in [1.54, 1.807) is 0 Å². The number of hydrogen-bond donors (Lipinski definition) is 4. The summed E-state index contributed by atoms with van der Waals surface area (Å²) in [4.78, 5) is 52.5. The van der Waals surface area contributed by atoms with Gasteiger partial charge < -0.3 is 39.4 Å². The Balaban J connectivity index is 1.84. The number of esters is 1. The zero-order valence-electron chi connectivity index (χ0n) is 28.2. The molecule has 0 saturated carbocycles. The van der Waals surface area contributed by atoms with Gasteiger partial charge in [0.1, 0.15) is 18.3 Å². The molecule has 2 heterocycles. The number of carbonyl (C=O) groups is 4. The van der Waals surface area contributed by atoms with Gasteiger partial charge in [0.2, 0.25) is 6.29 Å². The maximum atomic E-state index is 14.0. The number of alkyl halides is 9. The zero-order chi connectivity index (χ0) is 41.4. The van der Waals surface area contributed by atoms with Gasteiger partial charge in [0.25, 0.3) is 0 Å². The Hall–Kier alpha value is -4.87. The van der Waals surface area contributed by atoms with Crippen molar-refractivity contribution >= 4 is 29.8 Å². The highest BCUT2D eigenvalue weighted by Gasteiger charge is 2.50. The maximum Gasteiger partial charge on any atom is 0.416 e. The Morgan fingerprint density at radius 3 is 1.95 bits per heavy atom. The second-order valence-electron chi connectivity index (χ2n) is 12.2. The first-order valence-corrected chi connectivity index (χ1v) is 15.8. The summed E-state index contributed by atoms with van der Waals surface area (Å²) in [6, 6.07) is -1.38. The molecule has 23 heteroatoms. The molecule has 0 aliphatic carbocycles. The van der Waals surface area contributed by atoms with Crippen LogP contribution in [0.4, 0.5) is 54.8 Å². The monoisotopic (exact) mass is 806 g/mol. The molecule has 4 N–H and O–H groups in total. The molecule has 5 unspecified atom stereocenters. The van der Waals surface area contributed by atoms with Crippen molar-refractivity contribution in [3.8, 4) is 0 Å². The normalized spacial score (nSPS) is 24.4. The van der Waals surface area contributed by atoms with Crippen LogP contribution in [-0.4, -0.2) is 99.9 Å². The van der Waals surface area contributed by atoms with E-state index in [0.717, 1.165) is 13.2 Å². The lowest BCUT2D eigenvalue weighted by Crippen LogP contribution is -2.60. The highest BCUT2D eigenvalue weighted by molar-refractivity contribution is 5.91. The van der Waals surface area contributed by atoms with Gasteiger partial charge in [0.15, 0.2) is 6.10 Å². The molecule has 2 aromatic rings. The van der Waals surface area contributed by atoms with E-state index < -0.39 is 138 Å². The van der Waals surface area contributed by atoms with Crippen molar-refractivity contribution < 1.29 is 98.1 Å². The molecular formula is C32H31F9N2O12. The first-order chi connectivity index (χ1) is 25.4. The van der Waals surface area contributed by atoms with Crippen LogP contribution in [0.2, 0.25) is 0 Å². The predicted molar refractivity (Wildman–Crippen MR) is 162 cm³/mol. The summed E-state index contributed by atoms with van der Waals surface area (Å²) >= 11 is 0. The topological polar surface area (TPSA) is 193 Å². The first-order valence-electron chi connectivity index (χ1n) is 15.8. The largest absolute Gasteiger partial charge is 0.479 e. The number of carboxylic acid groups (broad SMARTS) is 1. The summed E-state index contributed by atoms with van der Waals surface area (Å²) < 4.78 is 144. The second kappa shape index (κ2) is 16.1. The number of amides is 2. The molecule has 0 spiro atoms. The van der Waals surface area contributed by atoms with Gasteiger partial charge >= 0.3 is 42.7 Å². The minimum atomic E-state index is -5.33. The van der Waals surface area contributed by atoms with Crippen LogP contribution in [0.25, 0.3) is 0 Å². The summed E-state index contributed by atoms with van der Waals surface area (Å²) in [6.07, 6.45) is -31.4. The summed E-state index contributed by atoms with van der Waals surface area (Å²) in [5, 5.41) is 39.6. The van der Waals surface area contributed by atoms with E-state index in [9.17, 15) is 79.1 Å². The highest BCUT2D eigenvalue weighted by atomic mass is 19.4. The molecule has 55 heavy (non-hydrogen) atoms. The quantitative estimate of drug-likeness (QED) is 0.165. The van der Waals surface area contributed by atoms with E-state index in [1.807, 2.05) is 0 Å². The average molecular weight is 807 g/mol. The van der Waals surface area contributed by atoms with E-state index in [4.69, 9.17) is 18.9 Å². The molecule has 2 aromatic carbocycles. The number of anilines is 1. The number of carbonyl (C=O) groups excluding carboxylic acids is 3. The Kier molecular flexibility index (Phi) is 12.5. The number of fused-ring (bicyclic) bond motifs is 1. The van der Waals surface area contributed by atoms with Crippen LogP contribution < -0.4 is 4.90 Å². The van der Waals surface area contributed by atoms with Gasteiger partial charge in [-0.1, -0.05) is 0 Å². The van der Waals surface area contributed by atoms with Crippen molar-refractivity contribution in [3.05, 3.63) is 64.2 Å². The standard InChI is InChI=1S/C32H31F9N2O12/c1-3-53-29(51)43-17(11-21(44)54-27-24(47)22(45)23(46)25(55-27)26(48)49)10-20(18-9-14(30(33,34)35)4-5-19(18)43)42(28(50)52-2)12-13-6-15(31(36,37)38)8-16(7-13)32(39,40)41/h4-9,17,20,22-25,27,45-47H,3,10-12H2,1-2H3,(H,48,49)/t17-,20-,22?,23?,24?,25?,27?/m0/s1. The van der Waals surface area contributed by atoms with Gasteiger partial charge in [-0.2, -0.15) is 39.5 Å². The molecule has 0 bridgehead atoms. The zero-order valence-corrected chi connectivity index (χ0v) is 28.2. The minimum Gasteiger partial charge on any atom is -0.479 e. The fraction of sp³-hybridized carbons (Fsp3) is 0.500. The van der Waals surface area contributed by atoms with Crippen molar-refractivity contribution in [2.24, 2.45) is 0 Å². The molecule has 304 valence electrons. The lowest BCUT2D eigenvalue weighted by molar-refractivity contribution is -0.286. The van der Waals surface area contributed by atoms with E-state index in [1.165, 1.54) is 6.92 Å². The molecule has 2 amide bonds. The fourth-order valence-corrected chi connectivity index (χ4v) is 6.06. The lowest BCUT2D eigenvalue weighted by atomic mass is 9.87. The molecule has 0 aromatic heterocycles. The summed E-state index contributed by atoms with van der Waals surface area (Å²) in [5.41, 5.74) is -6.73. The molecule has 0 radical (unpaired) electrons. The number of carboxylic acids is 1. The number of aliphatic hydroxyl groups excluding tert-OH is 3. The third kappa shape index (κ3) is 9.51. The predicted octanol–water partition coefficient (Wildman–Crippen LogP) is 4.61. The van der Waals surface area contributed by atoms with Crippen LogP contribution >= 0.6 is 0 Å². The van der Waals surface area contributed by atoms with Gasteiger partial charge in [-0.3, -0.25) is 14.6 Å². The molecule has 2 aliphatic heterocycles. The van der Waals surface area contributed by atoms with E-state index in [0.29, 0.717) is 21.9 Å². The Morgan fingerprint density at radius 1 is 0.855 bits per heavy atom. The highest BCUT2D eigenvalue weighted by Crippen LogP contribution is 2.46. The molecule has 4 rings (SSSR count). The van der Waals surface area contributed by atoms with Gasteiger partial charge in [-0.25, -0.2) is 14.4 Å². The number of halogens is 9. The SMILES string of the molecule is CCOC(=O)N1c2ccc(C(F)(F)F)cc2[C@@H](N(Cc2cc(C(F)(F)F)cc(C(F)(F)F)c2)C(=O)OC)C[C@H]1CC(=O)OC1OC(C(=O)O)C(O)C(O)C1O. The molecule has 1 fully saturated rings. The van der Waals surface area contributed by atoms with Crippen molar-refractivity contribution in [1.29, 1.82) is 0 Å². The van der Waals surface area contributed by atoms with Gasteiger partial charge in [0, 0.05) is 6.54 Å². The van der Waals surface area contributed by atoms with E-state index >= 15 is 0 Å². The Labute approximate surface area is 303 Å². The summed E-state index contributed by atoms with van der Waals surface area (Å²) in [6.45, 7) is -0.156. The van der Waals surface area contributed by atoms with Crippen LogP contribution in [0.3, 0.4) is 0 Å². The second-order valence-corrected chi connectivity index (χ2v) is 12.2. The number of aliphatic hydroxyl groups is 3. The van der Waals surface area contributed by atoms with Crippen molar-refractivity contribution in [1.82, 2.24) is 4.90 Å². The average Bonchev–Trinajstić information content (AvgIpc) is 3.08. The molecule has 7 atom stereocenters. The third-order valence-electron chi connectivity index (χ3n) is 8.55. The maximum absolute atomic E-state index is 14.0. The van der Waals surface area contributed by atoms with Crippen LogP contribution in [0, 0.1) is 0 Å². The van der Waals surface area contributed by atoms with Crippen molar-refractivity contribution in [2.75, 3.05) is 18.6 Å². The number of benzene rings is 2. The van der Waals surface area contributed by atoms with Crippen LogP contribution in [0.5, 0.6) is 0 Å². The number of methoxy groups -OCH3 is 1. The molecule has 1 saturated heterocycles. The minimum absolute atomic E-state index is 0.193. The van der Waals surface area contributed by atoms with E-state index in [2.05, 4.69) is 0 Å². The number of nitrogens with zero attached hydrogens (tertiary/aromatic N) is 2. The van der Waals surface area contributed by atoms with Crippen LogP contribution in [0.1, 0.15) is 53.6 Å². The molecular weight excluding hydrogens is 775 g/mol. The lowest BCUT2D eigenvalue weighted by Gasteiger charge is -2.44. The Morgan fingerprint density at radius 2 is 1.44 bits per heavy atom.